The molecule has 2 N–H and O–H groups in total. The summed E-state index contributed by atoms with van der Waals surface area (Å²) in [5, 5.41) is 9.36. The van der Waals surface area contributed by atoms with Gasteiger partial charge in [-0.25, -0.2) is 0 Å². The Hall–Kier alpha value is -2.25. The summed E-state index contributed by atoms with van der Waals surface area (Å²) in [4.78, 5) is 8.61. The smallest absolute Gasteiger partial charge is 0.191 e. The van der Waals surface area contributed by atoms with E-state index in [0.29, 0.717) is 5.75 Å². The molecule has 0 amide bonds. The van der Waals surface area contributed by atoms with Gasteiger partial charge in [-0.05, 0) is 18.9 Å². The highest BCUT2D eigenvalue weighted by atomic mass is 32.2. The lowest BCUT2D eigenvalue weighted by Crippen LogP contribution is -2.18. The Kier molecular flexibility index (Phi) is 5.22. The average Bonchev–Trinajstić information content (AvgIpc) is 2.96. The molecule has 1 atom stereocenters. The molecule has 2 heterocycles. The molecule has 2 aromatic heterocycles. The largest absolute Gasteiger partial charge is 0.321 e. The molecule has 0 saturated heterocycles. The van der Waals surface area contributed by atoms with Gasteiger partial charge in [0.25, 0.3) is 0 Å². The third-order valence-electron chi connectivity index (χ3n) is 3.68. The van der Waals surface area contributed by atoms with Crippen LogP contribution in [0.4, 0.5) is 0 Å². The highest BCUT2D eigenvalue weighted by Gasteiger charge is 2.16. The maximum atomic E-state index is 6.31. The van der Waals surface area contributed by atoms with Crippen LogP contribution in [0.2, 0.25) is 0 Å². The van der Waals surface area contributed by atoms with E-state index >= 15 is 0 Å². The Morgan fingerprint density at radius 1 is 1.12 bits per heavy atom. The first kappa shape index (κ1) is 16.6. The van der Waals surface area contributed by atoms with Crippen LogP contribution in [0.25, 0.3) is 0 Å². The van der Waals surface area contributed by atoms with Gasteiger partial charge in [-0.3, -0.25) is 9.97 Å². The number of nitrogens with two attached hydrogens (primary N) is 1. The number of hydrogen-bond donors (Lipinski definition) is 1. The van der Waals surface area contributed by atoms with Crippen molar-refractivity contribution in [2.45, 2.75) is 30.3 Å². The fourth-order valence-corrected chi connectivity index (χ4v) is 3.18. The molecule has 0 fully saturated rings. The summed E-state index contributed by atoms with van der Waals surface area (Å²) in [6.07, 6.45) is 4.30. The third-order valence-corrected chi connectivity index (χ3v) is 4.74. The predicted octanol–water partition coefficient (Wildman–Crippen LogP) is 2.45. The van der Waals surface area contributed by atoms with Crippen molar-refractivity contribution in [1.29, 1.82) is 0 Å². The van der Waals surface area contributed by atoms with Gasteiger partial charge < -0.3 is 10.3 Å². The minimum Gasteiger partial charge on any atom is -0.321 e. The van der Waals surface area contributed by atoms with Gasteiger partial charge >= 0.3 is 0 Å². The molecule has 0 spiro atoms. The fraction of sp³-hybridized carbons (Fsp3) is 0.294. The lowest BCUT2D eigenvalue weighted by molar-refractivity contribution is 0.616. The van der Waals surface area contributed by atoms with E-state index in [1.165, 1.54) is 5.56 Å². The number of nitrogens with zero attached hydrogens (tertiary/aromatic N) is 5. The second-order valence-electron chi connectivity index (χ2n) is 5.63. The molecule has 124 valence electrons. The molecule has 7 heteroatoms. The van der Waals surface area contributed by atoms with Gasteiger partial charge in [-0.2, -0.15) is 0 Å². The second-order valence-corrected chi connectivity index (χ2v) is 6.58. The van der Waals surface area contributed by atoms with Gasteiger partial charge in [-0.1, -0.05) is 42.1 Å². The van der Waals surface area contributed by atoms with Crippen molar-refractivity contribution >= 4 is 11.8 Å². The monoisotopic (exact) mass is 340 g/mol. The minimum atomic E-state index is -0.182. The predicted molar refractivity (Wildman–Crippen MR) is 94.4 cm³/mol. The molecule has 24 heavy (non-hydrogen) atoms. The average molecular weight is 340 g/mol. The van der Waals surface area contributed by atoms with Crippen LogP contribution in [0.5, 0.6) is 0 Å². The van der Waals surface area contributed by atoms with Crippen molar-refractivity contribution in [3.63, 3.8) is 0 Å². The molecule has 0 aliphatic heterocycles. The third kappa shape index (κ3) is 3.98. The van der Waals surface area contributed by atoms with Gasteiger partial charge in [0.15, 0.2) is 11.0 Å². The van der Waals surface area contributed by atoms with E-state index in [0.717, 1.165) is 28.8 Å². The summed E-state index contributed by atoms with van der Waals surface area (Å²) < 4.78 is 1.96. The topological polar surface area (TPSA) is 82.5 Å². The van der Waals surface area contributed by atoms with Gasteiger partial charge in [-0.15, -0.1) is 10.2 Å². The van der Waals surface area contributed by atoms with E-state index in [-0.39, 0.29) is 6.04 Å². The van der Waals surface area contributed by atoms with Gasteiger partial charge in [0.05, 0.1) is 17.4 Å². The molecule has 0 bridgehead atoms. The molecule has 1 aromatic carbocycles. The van der Waals surface area contributed by atoms with Crippen LogP contribution in [0.15, 0.2) is 47.9 Å². The van der Waals surface area contributed by atoms with Crippen LogP contribution < -0.4 is 5.73 Å². The van der Waals surface area contributed by atoms with E-state index in [2.05, 4.69) is 32.3 Å². The molecule has 0 aliphatic carbocycles. The zero-order valence-corrected chi connectivity index (χ0v) is 14.6. The fourth-order valence-electron chi connectivity index (χ4n) is 2.37. The highest BCUT2D eigenvalue weighted by molar-refractivity contribution is 7.98. The maximum absolute atomic E-state index is 6.31. The Balaban J connectivity index is 1.65. The number of thioether (sulfide) groups is 1. The van der Waals surface area contributed by atoms with E-state index in [4.69, 9.17) is 5.73 Å². The minimum absolute atomic E-state index is 0.182. The van der Waals surface area contributed by atoms with Gasteiger partial charge in [0, 0.05) is 25.2 Å². The van der Waals surface area contributed by atoms with Crippen LogP contribution in [0.1, 0.15) is 28.8 Å². The number of aromatic nitrogens is 5. The van der Waals surface area contributed by atoms with Gasteiger partial charge in [0.2, 0.25) is 0 Å². The molecular formula is C17H20N6S. The lowest BCUT2D eigenvalue weighted by atomic mass is 10.1. The van der Waals surface area contributed by atoms with Crippen molar-refractivity contribution in [3.8, 4) is 0 Å². The van der Waals surface area contributed by atoms with E-state index in [1.807, 2.05) is 36.7 Å². The Morgan fingerprint density at radius 3 is 2.62 bits per heavy atom. The summed E-state index contributed by atoms with van der Waals surface area (Å²) in [6, 6.07) is 9.99. The Bertz CT molecular complexity index is 785. The van der Waals surface area contributed by atoms with Crippen LogP contribution in [0, 0.1) is 6.92 Å². The van der Waals surface area contributed by atoms with Crippen LogP contribution in [0.3, 0.4) is 0 Å². The quantitative estimate of drug-likeness (QED) is 0.694. The molecule has 0 saturated carbocycles. The first-order chi connectivity index (χ1) is 11.6. The maximum Gasteiger partial charge on any atom is 0.191 e. The molecule has 3 aromatic rings. The van der Waals surface area contributed by atoms with Gasteiger partial charge in [0.1, 0.15) is 0 Å². The normalized spacial score (nSPS) is 12.3. The molecule has 0 radical (unpaired) electrons. The first-order valence-electron chi connectivity index (χ1n) is 7.72. The van der Waals surface area contributed by atoms with Crippen molar-refractivity contribution < 1.29 is 0 Å². The summed E-state index contributed by atoms with van der Waals surface area (Å²) in [5.41, 5.74) is 9.34. The summed E-state index contributed by atoms with van der Waals surface area (Å²) in [7, 11) is 1.95. The Morgan fingerprint density at radius 2 is 1.92 bits per heavy atom. The second kappa shape index (κ2) is 7.55. The molecule has 1 unspecified atom stereocenters. The van der Waals surface area contributed by atoms with E-state index < -0.39 is 0 Å². The molecular weight excluding hydrogens is 320 g/mol. The summed E-state index contributed by atoms with van der Waals surface area (Å²) in [5.74, 6) is 1.49. The molecule has 6 nitrogen and oxygen atoms in total. The zero-order valence-electron chi connectivity index (χ0n) is 13.8. The van der Waals surface area contributed by atoms with E-state index in [1.54, 1.807) is 24.2 Å². The molecule has 0 aliphatic rings. The first-order valence-corrected chi connectivity index (χ1v) is 8.71. The number of benzene rings is 1. The number of aryl methyl sites for hydroxylation is 1. The molecule has 3 rings (SSSR count). The number of rotatable bonds is 6. The SMILES string of the molecule is Cc1cnc(CSc2nnc(C(N)Cc3ccccc3)n2C)cn1. The van der Waals surface area contributed by atoms with Crippen LogP contribution >= 0.6 is 11.8 Å². The van der Waals surface area contributed by atoms with Crippen molar-refractivity contribution in [3.05, 3.63) is 65.5 Å². The van der Waals surface area contributed by atoms with Crippen LogP contribution in [-0.2, 0) is 19.2 Å². The number of hydrogen-bond acceptors (Lipinski definition) is 6. The van der Waals surface area contributed by atoms with Crippen molar-refractivity contribution in [2.75, 3.05) is 0 Å². The van der Waals surface area contributed by atoms with Crippen molar-refractivity contribution in [2.24, 2.45) is 12.8 Å². The lowest BCUT2D eigenvalue weighted by Gasteiger charge is -2.11. The van der Waals surface area contributed by atoms with Crippen LogP contribution in [-0.4, -0.2) is 24.7 Å². The zero-order chi connectivity index (χ0) is 16.9. The van der Waals surface area contributed by atoms with Crippen molar-refractivity contribution in [1.82, 2.24) is 24.7 Å². The summed E-state index contributed by atoms with van der Waals surface area (Å²) in [6.45, 7) is 1.92. The highest BCUT2D eigenvalue weighted by Crippen LogP contribution is 2.22. The summed E-state index contributed by atoms with van der Waals surface area (Å²) >= 11 is 1.58. The van der Waals surface area contributed by atoms with E-state index in [9.17, 15) is 0 Å². The standard InChI is InChI=1S/C17H20N6S/c1-12-9-20-14(10-19-12)11-24-17-22-21-16(23(17)2)15(18)8-13-6-4-3-5-7-13/h3-7,9-10,15H,8,11,18H2,1-2H3. The Labute approximate surface area is 145 Å².